The first-order valence-electron chi connectivity index (χ1n) is 9.13. The third-order valence-electron chi connectivity index (χ3n) is 5.75. The van der Waals surface area contributed by atoms with Gasteiger partial charge in [0.2, 0.25) is 5.91 Å². The Morgan fingerprint density at radius 1 is 1.00 bits per heavy atom. The first kappa shape index (κ1) is 15.9. The monoisotopic (exact) mass is 326 g/mol. The number of allylic oxidation sites excluding steroid dienone is 2. The fraction of sp³-hybridized carbons (Fsp3) is 0.550. The molecule has 3 aliphatic rings. The van der Waals surface area contributed by atoms with E-state index in [9.17, 15) is 9.90 Å². The Morgan fingerprint density at radius 3 is 2.33 bits per heavy atom. The molecule has 1 saturated heterocycles. The molecule has 0 saturated carbocycles. The number of nitrogens with zero attached hydrogens (tertiary/aromatic N) is 2. The summed E-state index contributed by atoms with van der Waals surface area (Å²) in [6.45, 7) is 2.75. The molecule has 0 spiro atoms. The largest absolute Gasteiger partial charge is 0.390 e. The van der Waals surface area contributed by atoms with E-state index in [4.69, 9.17) is 0 Å². The van der Waals surface area contributed by atoms with E-state index in [2.05, 4.69) is 41.3 Å². The molecule has 4 rings (SSSR count). The Kier molecular flexibility index (Phi) is 4.42. The minimum Gasteiger partial charge on any atom is -0.390 e. The number of carbonyl (C=O) groups is 1. The van der Waals surface area contributed by atoms with Gasteiger partial charge in [-0.15, -0.1) is 0 Å². The molecule has 1 aromatic carbocycles. The topological polar surface area (TPSA) is 43.8 Å². The molecule has 0 unspecified atom stereocenters. The lowest BCUT2D eigenvalue weighted by Gasteiger charge is -2.28. The quantitative estimate of drug-likeness (QED) is 0.840. The van der Waals surface area contributed by atoms with Crippen molar-refractivity contribution in [3.8, 4) is 0 Å². The van der Waals surface area contributed by atoms with Crippen molar-refractivity contribution >= 4 is 5.91 Å². The van der Waals surface area contributed by atoms with Crippen molar-refractivity contribution in [2.45, 2.75) is 37.8 Å². The van der Waals surface area contributed by atoms with Gasteiger partial charge in [-0.2, -0.15) is 0 Å². The standard InChI is InChI=1S/C20H26N2O2/c23-19-13-21(18-11-16-7-3-4-8-17(16)12-18)9-10-22(14-19)20(24)15-5-1-2-6-15/h1-4,7-8,15,18-19,23H,5-6,9-14H2/t19-/m1/s1. The van der Waals surface area contributed by atoms with Crippen molar-refractivity contribution in [3.63, 3.8) is 0 Å². The number of hydrogen-bond donors (Lipinski definition) is 1. The third-order valence-corrected chi connectivity index (χ3v) is 5.75. The van der Waals surface area contributed by atoms with Crippen LogP contribution in [0.3, 0.4) is 0 Å². The average Bonchev–Trinajstić information content (AvgIpc) is 3.22. The molecule has 4 heteroatoms. The molecule has 1 fully saturated rings. The second-order valence-electron chi connectivity index (χ2n) is 7.40. The Morgan fingerprint density at radius 2 is 1.67 bits per heavy atom. The van der Waals surface area contributed by atoms with E-state index < -0.39 is 6.10 Å². The number of β-amino-alcohol motifs (C(OH)–C–C–N with tert-alkyl or cyclic N) is 1. The fourth-order valence-corrected chi connectivity index (χ4v) is 4.42. The Balaban J connectivity index is 1.40. The van der Waals surface area contributed by atoms with Crippen molar-refractivity contribution in [2.24, 2.45) is 5.92 Å². The van der Waals surface area contributed by atoms with Gasteiger partial charge in [0.15, 0.2) is 0 Å². The summed E-state index contributed by atoms with van der Waals surface area (Å²) in [7, 11) is 0. The summed E-state index contributed by atoms with van der Waals surface area (Å²) < 4.78 is 0. The van der Waals surface area contributed by atoms with Crippen LogP contribution in [0.25, 0.3) is 0 Å². The highest BCUT2D eigenvalue weighted by molar-refractivity contribution is 5.79. The molecule has 1 N–H and O–H groups in total. The number of benzene rings is 1. The number of amides is 1. The maximum atomic E-state index is 12.7. The molecular formula is C20H26N2O2. The van der Waals surface area contributed by atoms with E-state index >= 15 is 0 Å². The molecule has 1 aromatic rings. The summed E-state index contributed by atoms with van der Waals surface area (Å²) in [6, 6.07) is 9.10. The van der Waals surface area contributed by atoms with Gasteiger partial charge in [-0.05, 0) is 36.8 Å². The minimum absolute atomic E-state index is 0.0967. The van der Waals surface area contributed by atoms with Gasteiger partial charge in [0.05, 0.1) is 6.10 Å². The molecule has 0 bridgehead atoms. The van der Waals surface area contributed by atoms with E-state index in [1.165, 1.54) is 11.1 Å². The molecule has 2 aliphatic carbocycles. The van der Waals surface area contributed by atoms with Gasteiger partial charge >= 0.3 is 0 Å². The van der Waals surface area contributed by atoms with E-state index in [0.29, 0.717) is 19.1 Å². The molecule has 128 valence electrons. The number of carbonyl (C=O) groups excluding carboxylic acids is 1. The highest BCUT2D eigenvalue weighted by atomic mass is 16.3. The zero-order valence-electron chi connectivity index (χ0n) is 14.1. The zero-order valence-corrected chi connectivity index (χ0v) is 14.1. The zero-order chi connectivity index (χ0) is 16.5. The van der Waals surface area contributed by atoms with Gasteiger partial charge in [-0.25, -0.2) is 0 Å². The summed E-state index contributed by atoms with van der Waals surface area (Å²) in [5.41, 5.74) is 2.87. The first-order chi connectivity index (χ1) is 11.7. The predicted octanol–water partition coefficient (Wildman–Crippen LogP) is 1.63. The van der Waals surface area contributed by atoms with Gasteiger partial charge in [-0.1, -0.05) is 36.4 Å². The van der Waals surface area contributed by atoms with Gasteiger partial charge in [0, 0.05) is 38.1 Å². The fourth-order valence-electron chi connectivity index (χ4n) is 4.42. The summed E-state index contributed by atoms with van der Waals surface area (Å²) in [5, 5.41) is 10.4. The highest BCUT2D eigenvalue weighted by Gasteiger charge is 2.33. The third kappa shape index (κ3) is 3.13. The lowest BCUT2D eigenvalue weighted by atomic mass is 10.1. The van der Waals surface area contributed by atoms with Crippen molar-refractivity contribution in [1.82, 2.24) is 9.80 Å². The molecular weight excluding hydrogens is 300 g/mol. The normalized spacial score (nSPS) is 25.9. The van der Waals surface area contributed by atoms with E-state index in [1.807, 2.05) is 4.90 Å². The molecule has 4 nitrogen and oxygen atoms in total. The maximum Gasteiger partial charge on any atom is 0.226 e. The molecule has 0 aromatic heterocycles. The SMILES string of the molecule is O=C(C1CC=CC1)N1CCN(C2Cc3ccccc3C2)C[C@@H](O)C1. The predicted molar refractivity (Wildman–Crippen MR) is 93.7 cm³/mol. The minimum atomic E-state index is -0.450. The van der Waals surface area contributed by atoms with Crippen LogP contribution in [0.15, 0.2) is 36.4 Å². The molecule has 1 aliphatic heterocycles. The molecule has 1 amide bonds. The van der Waals surface area contributed by atoms with Gasteiger partial charge in [0.1, 0.15) is 0 Å². The van der Waals surface area contributed by atoms with Crippen LogP contribution in [0.4, 0.5) is 0 Å². The van der Waals surface area contributed by atoms with Crippen LogP contribution in [0.1, 0.15) is 24.0 Å². The molecule has 24 heavy (non-hydrogen) atoms. The van der Waals surface area contributed by atoms with Crippen LogP contribution < -0.4 is 0 Å². The average molecular weight is 326 g/mol. The Bertz CT molecular complexity index is 609. The van der Waals surface area contributed by atoms with Crippen molar-refractivity contribution in [1.29, 1.82) is 0 Å². The highest BCUT2D eigenvalue weighted by Crippen LogP contribution is 2.27. The van der Waals surface area contributed by atoms with E-state index in [0.717, 1.165) is 38.8 Å². The van der Waals surface area contributed by atoms with Crippen LogP contribution in [-0.4, -0.2) is 59.1 Å². The van der Waals surface area contributed by atoms with Gasteiger partial charge in [0.25, 0.3) is 0 Å². The Labute approximate surface area is 143 Å². The first-order valence-corrected chi connectivity index (χ1v) is 9.13. The molecule has 1 atom stereocenters. The van der Waals surface area contributed by atoms with Gasteiger partial charge in [-0.3, -0.25) is 9.69 Å². The smallest absolute Gasteiger partial charge is 0.226 e. The lowest BCUT2D eigenvalue weighted by Crippen LogP contribution is -2.41. The lowest BCUT2D eigenvalue weighted by molar-refractivity contribution is -0.136. The number of rotatable bonds is 2. The molecule has 1 heterocycles. The van der Waals surface area contributed by atoms with E-state index in [-0.39, 0.29) is 11.8 Å². The van der Waals surface area contributed by atoms with Crippen LogP contribution in [0.2, 0.25) is 0 Å². The summed E-state index contributed by atoms with van der Waals surface area (Å²) >= 11 is 0. The summed E-state index contributed by atoms with van der Waals surface area (Å²) in [6.07, 6.45) is 7.57. The number of aliphatic hydroxyl groups excluding tert-OH is 1. The van der Waals surface area contributed by atoms with Crippen molar-refractivity contribution in [2.75, 3.05) is 26.2 Å². The molecule has 0 radical (unpaired) electrons. The van der Waals surface area contributed by atoms with Crippen molar-refractivity contribution < 1.29 is 9.90 Å². The Hall–Kier alpha value is -1.65. The van der Waals surface area contributed by atoms with Gasteiger partial charge < -0.3 is 10.0 Å². The van der Waals surface area contributed by atoms with Crippen LogP contribution >= 0.6 is 0 Å². The summed E-state index contributed by atoms with van der Waals surface area (Å²) in [5.74, 6) is 0.315. The number of hydrogen-bond acceptors (Lipinski definition) is 3. The van der Waals surface area contributed by atoms with Crippen molar-refractivity contribution in [3.05, 3.63) is 47.5 Å². The second-order valence-corrected chi connectivity index (χ2v) is 7.40. The van der Waals surface area contributed by atoms with Crippen LogP contribution in [-0.2, 0) is 17.6 Å². The number of aliphatic hydroxyl groups is 1. The summed E-state index contributed by atoms with van der Waals surface area (Å²) in [4.78, 5) is 16.9. The number of fused-ring (bicyclic) bond motifs is 1. The second kappa shape index (κ2) is 6.69. The van der Waals surface area contributed by atoms with E-state index in [1.54, 1.807) is 0 Å². The van der Waals surface area contributed by atoms with Crippen LogP contribution in [0.5, 0.6) is 0 Å². The maximum absolute atomic E-state index is 12.7. The van der Waals surface area contributed by atoms with Crippen LogP contribution in [0, 0.1) is 5.92 Å².